The number of halogens is 1. The first kappa shape index (κ1) is 22.0. The number of fused-ring (bicyclic) bond motifs is 1. The van der Waals surface area contributed by atoms with E-state index in [0.29, 0.717) is 22.8 Å². The van der Waals surface area contributed by atoms with Crippen LogP contribution in [0.25, 0.3) is 10.2 Å². The Kier molecular flexibility index (Phi) is 7.29. The maximum absolute atomic E-state index is 13.2. The summed E-state index contributed by atoms with van der Waals surface area (Å²) in [5.41, 5.74) is 3.18. The molecule has 7 heteroatoms. The third-order valence-electron chi connectivity index (χ3n) is 4.39. The molecule has 0 aliphatic heterocycles. The topological polar surface area (TPSA) is 53.5 Å². The van der Waals surface area contributed by atoms with Crippen LogP contribution in [0.3, 0.4) is 0 Å². The van der Waals surface area contributed by atoms with Gasteiger partial charge in [-0.1, -0.05) is 35.6 Å². The number of Topliss-reactive ketones (excluding diaryl/α,β-unsaturated/α-hetero) is 1. The van der Waals surface area contributed by atoms with E-state index in [9.17, 15) is 9.59 Å². The molecule has 0 spiro atoms. The van der Waals surface area contributed by atoms with Crippen LogP contribution in [0.5, 0.6) is 0 Å². The molecular formula is C21H24ClN3O2S. The minimum Gasteiger partial charge on any atom is -0.308 e. The van der Waals surface area contributed by atoms with Crippen molar-refractivity contribution in [1.82, 2.24) is 9.88 Å². The number of likely N-dealkylation sites (N-methyl/N-ethyl adjacent to an activating group) is 1. The standard InChI is InChI=1S/C21H23N3O2S.ClH/c1-14-6-5-7-18-19(14)22-21(27-18)24(13-12-23(3)4)20(26)17-10-8-16(9-11-17)15(2)25;/h5-11H,12-13H2,1-4H3;1H. The number of carbonyl (C=O) groups is 2. The summed E-state index contributed by atoms with van der Waals surface area (Å²) in [6.07, 6.45) is 0. The van der Waals surface area contributed by atoms with Crippen molar-refractivity contribution in [3.8, 4) is 0 Å². The zero-order valence-corrected chi connectivity index (χ0v) is 18.1. The van der Waals surface area contributed by atoms with Crippen molar-refractivity contribution in [3.05, 3.63) is 59.2 Å². The molecule has 1 heterocycles. The van der Waals surface area contributed by atoms with Gasteiger partial charge in [-0.25, -0.2) is 4.98 Å². The molecule has 28 heavy (non-hydrogen) atoms. The number of carbonyl (C=O) groups excluding carboxylic acids is 2. The number of para-hydroxylation sites is 1. The lowest BCUT2D eigenvalue weighted by Crippen LogP contribution is -2.36. The van der Waals surface area contributed by atoms with E-state index in [0.717, 1.165) is 22.3 Å². The fourth-order valence-corrected chi connectivity index (χ4v) is 3.85. The van der Waals surface area contributed by atoms with Gasteiger partial charge in [0.05, 0.1) is 10.2 Å². The molecule has 0 bridgehead atoms. The van der Waals surface area contributed by atoms with Crippen LogP contribution in [0.2, 0.25) is 0 Å². The lowest BCUT2D eigenvalue weighted by atomic mass is 10.1. The average Bonchev–Trinajstić information content (AvgIpc) is 3.07. The largest absolute Gasteiger partial charge is 0.308 e. The highest BCUT2D eigenvalue weighted by Crippen LogP contribution is 2.31. The number of amides is 1. The Morgan fingerprint density at radius 1 is 1.00 bits per heavy atom. The number of hydrogen-bond donors (Lipinski definition) is 0. The van der Waals surface area contributed by atoms with E-state index in [1.165, 1.54) is 18.3 Å². The number of benzene rings is 2. The van der Waals surface area contributed by atoms with Crippen LogP contribution in [0.4, 0.5) is 5.13 Å². The van der Waals surface area contributed by atoms with Gasteiger partial charge < -0.3 is 4.90 Å². The molecule has 3 aromatic rings. The molecule has 0 fully saturated rings. The Hall–Kier alpha value is -2.28. The van der Waals surface area contributed by atoms with Crippen LogP contribution in [0.15, 0.2) is 42.5 Å². The van der Waals surface area contributed by atoms with Crippen molar-refractivity contribution < 1.29 is 9.59 Å². The number of aromatic nitrogens is 1. The first-order valence-corrected chi connectivity index (χ1v) is 9.62. The Bertz CT molecular complexity index is 983. The number of anilines is 1. The molecule has 0 radical (unpaired) electrons. The summed E-state index contributed by atoms with van der Waals surface area (Å²) in [4.78, 5) is 33.2. The number of hydrogen-bond acceptors (Lipinski definition) is 5. The van der Waals surface area contributed by atoms with Gasteiger partial charge in [-0.15, -0.1) is 12.4 Å². The van der Waals surface area contributed by atoms with Gasteiger partial charge >= 0.3 is 0 Å². The monoisotopic (exact) mass is 417 g/mol. The second-order valence-corrected chi connectivity index (χ2v) is 7.82. The van der Waals surface area contributed by atoms with Crippen LogP contribution in [-0.2, 0) is 0 Å². The highest BCUT2D eigenvalue weighted by atomic mass is 35.5. The molecule has 0 saturated heterocycles. The number of thiazole rings is 1. The smallest absolute Gasteiger partial charge is 0.260 e. The van der Waals surface area contributed by atoms with E-state index in [1.807, 2.05) is 44.1 Å². The summed E-state index contributed by atoms with van der Waals surface area (Å²) in [6.45, 7) is 4.81. The summed E-state index contributed by atoms with van der Waals surface area (Å²) < 4.78 is 1.07. The van der Waals surface area contributed by atoms with Crippen molar-refractivity contribution in [2.45, 2.75) is 13.8 Å². The normalized spacial score (nSPS) is 10.8. The Morgan fingerprint density at radius 3 is 2.21 bits per heavy atom. The SMILES string of the molecule is CC(=O)c1ccc(C(=O)N(CCN(C)C)c2nc3c(C)cccc3s2)cc1.Cl. The van der Waals surface area contributed by atoms with E-state index in [2.05, 4.69) is 0 Å². The Labute approximate surface area is 175 Å². The molecule has 0 saturated carbocycles. The van der Waals surface area contributed by atoms with E-state index in [1.54, 1.807) is 29.2 Å². The third-order valence-corrected chi connectivity index (χ3v) is 5.44. The maximum atomic E-state index is 13.2. The molecular weight excluding hydrogens is 394 g/mol. The highest BCUT2D eigenvalue weighted by Gasteiger charge is 2.22. The number of nitrogens with zero attached hydrogens (tertiary/aromatic N) is 3. The van der Waals surface area contributed by atoms with E-state index in [4.69, 9.17) is 4.98 Å². The maximum Gasteiger partial charge on any atom is 0.260 e. The molecule has 2 aromatic carbocycles. The number of ketones is 1. The molecule has 0 unspecified atom stereocenters. The molecule has 3 rings (SSSR count). The van der Waals surface area contributed by atoms with Gasteiger partial charge in [-0.3, -0.25) is 14.5 Å². The summed E-state index contributed by atoms with van der Waals surface area (Å²) >= 11 is 1.52. The predicted octanol–water partition coefficient (Wildman–Crippen LogP) is 4.44. The molecule has 0 atom stereocenters. The molecule has 1 aromatic heterocycles. The lowest BCUT2D eigenvalue weighted by Gasteiger charge is -2.22. The Balaban J connectivity index is 0.00000280. The molecule has 0 N–H and O–H groups in total. The van der Waals surface area contributed by atoms with Gasteiger partial charge in [0.25, 0.3) is 5.91 Å². The van der Waals surface area contributed by atoms with Crippen molar-refractivity contribution >= 4 is 50.8 Å². The van der Waals surface area contributed by atoms with Crippen LogP contribution in [-0.4, -0.2) is 48.8 Å². The summed E-state index contributed by atoms with van der Waals surface area (Å²) in [5, 5.41) is 0.696. The Morgan fingerprint density at radius 2 is 1.64 bits per heavy atom. The van der Waals surface area contributed by atoms with Gasteiger partial charge in [-0.05, 0) is 51.7 Å². The molecule has 148 valence electrons. The van der Waals surface area contributed by atoms with Gasteiger partial charge in [0.2, 0.25) is 0 Å². The molecule has 0 aliphatic carbocycles. The molecule has 0 aliphatic rings. The fourth-order valence-electron chi connectivity index (χ4n) is 2.78. The second kappa shape index (κ2) is 9.28. The lowest BCUT2D eigenvalue weighted by molar-refractivity contribution is 0.0981. The highest BCUT2D eigenvalue weighted by molar-refractivity contribution is 7.22. The minimum absolute atomic E-state index is 0. The van der Waals surface area contributed by atoms with Gasteiger partial charge in [0.1, 0.15) is 0 Å². The van der Waals surface area contributed by atoms with E-state index >= 15 is 0 Å². The zero-order valence-electron chi connectivity index (χ0n) is 16.4. The van der Waals surface area contributed by atoms with Crippen LogP contribution in [0, 0.1) is 6.92 Å². The molecule has 1 amide bonds. The van der Waals surface area contributed by atoms with Gasteiger partial charge in [0, 0.05) is 24.2 Å². The summed E-state index contributed by atoms with van der Waals surface area (Å²) in [7, 11) is 3.96. The van der Waals surface area contributed by atoms with Crippen LogP contribution < -0.4 is 4.90 Å². The second-order valence-electron chi connectivity index (χ2n) is 6.81. The van der Waals surface area contributed by atoms with Crippen molar-refractivity contribution in [1.29, 1.82) is 0 Å². The average molecular weight is 418 g/mol. The third kappa shape index (κ3) is 4.76. The first-order chi connectivity index (χ1) is 12.9. The fraction of sp³-hybridized carbons (Fsp3) is 0.286. The van der Waals surface area contributed by atoms with Crippen LogP contribution in [0.1, 0.15) is 33.2 Å². The predicted molar refractivity (Wildman–Crippen MR) is 118 cm³/mol. The quantitative estimate of drug-likeness (QED) is 0.556. The summed E-state index contributed by atoms with van der Waals surface area (Å²) in [5.74, 6) is -0.122. The minimum atomic E-state index is -0.108. The zero-order chi connectivity index (χ0) is 19.6. The number of rotatable bonds is 6. The van der Waals surface area contributed by atoms with E-state index in [-0.39, 0.29) is 24.1 Å². The summed E-state index contributed by atoms with van der Waals surface area (Å²) in [6, 6.07) is 12.9. The van der Waals surface area contributed by atoms with Crippen molar-refractivity contribution in [2.24, 2.45) is 0 Å². The first-order valence-electron chi connectivity index (χ1n) is 8.80. The number of aryl methyl sites for hydroxylation is 1. The van der Waals surface area contributed by atoms with E-state index < -0.39 is 0 Å². The van der Waals surface area contributed by atoms with Crippen molar-refractivity contribution in [2.75, 3.05) is 32.1 Å². The molecule has 5 nitrogen and oxygen atoms in total. The van der Waals surface area contributed by atoms with Gasteiger partial charge in [0.15, 0.2) is 10.9 Å². The van der Waals surface area contributed by atoms with Crippen LogP contribution >= 0.6 is 23.7 Å². The van der Waals surface area contributed by atoms with Crippen molar-refractivity contribution in [3.63, 3.8) is 0 Å². The van der Waals surface area contributed by atoms with Gasteiger partial charge in [-0.2, -0.15) is 0 Å².